The fourth-order valence-electron chi connectivity index (χ4n) is 4.30. The lowest BCUT2D eigenvalue weighted by Gasteiger charge is -2.34. The Bertz CT molecular complexity index is 1300. The summed E-state index contributed by atoms with van der Waals surface area (Å²) in [7, 11) is 0. The van der Waals surface area contributed by atoms with Crippen LogP contribution in [0.1, 0.15) is 29.5 Å². The fraction of sp³-hybridized carbons (Fsp3) is 0.346. The van der Waals surface area contributed by atoms with Crippen LogP contribution in [0.3, 0.4) is 0 Å². The molecule has 0 bridgehead atoms. The molecule has 2 aromatic heterocycles. The number of hydrogen-bond acceptors (Lipinski definition) is 7. The zero-order chi connectivity index (χ0) is 22.8. The van der Waals surface area contributed by atoms with Crippen molar-refractivity contribution in [3.05, 3.63) is 81.5 Å². The molecule has 0 unspecified atom stereocenters. The number of hydrogen-bond donors (Lipinski definition) is 0. The second-order valence-electron chi connectivity index (χ2n) is 8.70. The molecule has 33 heavy (non-hydrogen) atoms. The van der Waals surface area contributed by atoms with E-state index in [0.717, 1.165) is 55.7 Å². The minimum Gasteiger partial charge on any atom is -0.423 e. The summed E-state index contributed by atoms with van der Waals surface area (Å²) in [6, 6.07) is 15.9. The molecule has 0 atom stereocenters. The smallest absolute Gasteiger partial charge is 0.336 e. The summed E-state index contributed by atoms with van der Waals surface area (Å²) in [5, 5.41) is 5.16. The lowest BCUT2D eigenvalue weighted by molar-refractivity contribution is 0.112. The Kier molecular flexibility index (Phi) is 6.07. The molecule has 5 rings (SSSR count). The number of rotatable bonds is 6. The van der Waals surface area contributed by atoms with E-state index < -0.39 is 0 Å². The van der Waals surface area contributed by atoms with Gasteiger partial charge in [-0.3, -0.25) is 9.80 Å². The van der Waals surface area contributed by atoms with E-state index in [1.807, 2.05) is 30.3 Å². The van der Waals surface area contributed by atoms with Crippen LogP contribution in [0, 0.1) is 6.92 Å². The van der Waals surface area contributed by atoms with Gasteiger partial charge in [-0.1, -0.05) is 54.0 Å². The van der Waals surface area contributed by atoms with Gasteiger partial charge in [0.05, 0.1) is 6.54 Å². The summed E-state index contributed by atoms with van der Waals surface area (Å²) in [4.78, 5) is 21.4. The average molecular weight is 445 g/mol. The highest BCUT2D eigenvalue weighted by Crippen LogP contribution is 2.22. The molecule has 1 saturated heterocycles. The van der Waals surface area contributed by atoms with Crippen molar-refractivity contribution in [1.29, 1.82) is 0 Å². The molecule has 0 spiro atoms. The van der Waals surface area contributed by atoms with Crippen molar-refractivity contribution < 1.29 is 8.94 Å². The van der Waals surface area contributed by atoms with E-state index in [1.165, 1.54) is 11.1 Å². The first-order valence-corrected chi connectivity index (χ1v) is 11.5. The first kappa shape index (κ1) is 21.6. The first-order chi connectivity index (χ1) is 16.1. The van der Waals surface area contributed by atoms with Gasteiger partial charge in [-0.2, -0.15) is 4.98 Å². The van der Waals surface area contributed by atoms with Gasteiger partial charge in [0.25, 0.3) is 0 Å². The highest BCUT2D eigenvalue weighted by molar-refractivity contribution is 5.80. The maximum absolute atomic E-state index is 12.1. The van der Waals surface area contributed by atoms with E-state index in [4.69, 9.17) is 8.94 Å². The van der Waals surface area contributed by atoms with Crippen molar-refractivity contribution in [3.63, 3.8) is 0 Å². The molecule has 2 aromatic carbocycles. The van der Waals surface area contributed by atoms with Crippen molar-refractivity contribution in [2.75, 3.05) is 26.2 Å². The quantitative estimate of drug-likeness (QED) is 0.416. The number of fused-ring (bicyclic) bond motifs is 1. The molecule has 7 heteroatoms. The number of benzene rings is 2. The Labute approximate surface area is 192 Å². The summed E-state index contributed by atoms with van der Waals surface area (Å²) in [6.07, 6.45) is 0.915. The van der Waals surface area contributed by atoms with Crippen LogP contribution in [-0.4, -0.2) is 46.1 Å². The topological polar surface area (TPSA) is 75.6 Å². The van der Waals surface area contributed by atoms with Gasteiger partial charge in [0.1, 0.15) is 5.58 Å². The molecule has 7 nitrogen and oxygen atoms in total. The van der Waals surface area contributed by atoms with Crippen LogP contribution in [-0.2, 0) is 19.5 Å². The summed E-state index contributed by atoms with van der Waals surface area (Å²) >= 11 is 0. The molecule has 3 heterocycles. The lowest BCUT2D eigenvalue weighted by atomic mass is 10.1. The van der Waals surface area contributed by atoms with Crippen molar-refractivity contribution in [2.24, 2.45) is 0 Å². The number of piperazine rings is 1. The minimum atomic E-state index is -0.287. The third-order valence-electron chi connectivity index (χ3n) is 6.30. The maximum atomic E-state index is 12.1. The molecule has 0 saturated carbocycles. The van der Waals surface area contributed by atoms with Gasteiger partial charge in [-0.25, -0.2) is 4.79 Å². The third-order valence-corrected chi connectivity index (χ3v) is 6.30. The molecule has 0 radical (unpaired) electrons. The van der Waals surface area contributed by atoms with Gasteiger partial charge < -0.3 is 8.94 Å². The second kappa shape index (κ2) is 9.29. The standard InChI is InChI=1S/C26H28N4O3/c1-3-19-6-9-22-21(15-25(31)32-23(22)14-19)16-29-10-12-30(13-11-29)17-24-27-26(28-33-24)20-7-4-18(2)5-8-20/h4-9,14-15H,3,10-13,16-17H2,1-2H3. The lowest BCUT2D eigenvalue weighted by Crippen LogP contribution is -2.45. The zero-order valence-electron chi connectivity index (χ0n) is 19.1. The molecule has 0 amide bonds. The van der Waals surface area contributed by atoms with E-state index in [2.05, 4.69) is 45.9 Å². The Morgan fingerprint density at radius 2 is 1.67 bits per heavy atom. The van der Waals surface area contributed by atoms with Crippen LogP contribution < -0.4 is 5.63 Å². The minimum absolute atomic E-state index is 0.287. The first-order valence-electron chi connectivity index (χ1n) is 11.5. The predicted molar refractivity (Wildman–Crippen MR) is 127 cm³/mol. The second-order valence-corrected chi connectivity index (χ2v) is 8.70. The largest absolute Gasteiger partial charge is 0.423 e. The normalized spacial score (nSPS) is 15.3. The van der Waals surface area contributed by atoms with Gasteiger partial charge in [0, 0.05) is 49.7 Å². The van der Waals surface area contributed by atoms with Gasteiger partial charge in [0.15, 0.2) is 0 Å². The zero-order valence-corrected chi connectivity index (χ0v) is 19.1. The molecule has 170 valence electrons. The van der Waals surface area contributed by atoms with Crippen molar-refractivity contribution >= 4 is 11.0 Å². The van der Waals surface area contributed by atoms with Crippen LogP contribution >= 0.6 is 0 Å². The Morgan fingerprint density at radius 1 is 0.939 bits per heavy atom. The molecular weight excluding hydrogens is 416 g/mol. The molecule has 0 aliphatic carbocycles. The number of aromatic nitrogens is 2. The third kappa shape index (κ3) is 4.89. The van der Waals surface area contributed by atoms with E-state index in [1.54, 1.807) is 6.07 Å². The van der Waals surface area contributed by atoms with Crippen molar-refractivity contribution in [1.82, 2.24) is 19.9 Å². The summed E-state index contributed by atoms with van der Waals surface area (Å²) in [6.45, 7) is 9.16. The molecule has 4 aromatic rings. The predicted octanol–water partition coefficient (Wildman–Crippen LogP) is 4.03. The maximum Gasteiger partial charge on any atom is 0.336 e. The van der Waals surface area contributed by atoms with E-state index in [9.17, 15) is 4.79 Å². The average Bonchev–Trinajstić information content (AvgIpc) is 3.28. The van der Waals surface area contributed by atoms with Crippen LogP contribution in [0.5, 0.6) is 0 Å². The highest BCUT2D eigenvalue weighted by Gasteiger charge is 2.20. The van der Waals surface area contributed by atoms with Crippen LogP contribution in [0.15, 0.2) is 62.3 Å². The van der Waals surface area contributed by atoms with Gasteiger partial charge in [0.2, 0.25) is 11.7 Å². The Balaban J connectivity index is 1.21. The van der Waals surface area contributed by atoms with Gasteiger partial charge in [-0.05, 0) is 30.5 Å². The van der Waals surface area contributed by atoms with E-state index in [-0.39, 0.29) is 5.63 Å². The van der Waals surface area contributed by atoms with Crippen molar-refractivity contribution in [2.45, 2.75) is 33.4 Å². The molecule has 0 N–H and O–H groups in total. The van der Waals surface area contributed by atoms with Crippen LogP contribution in [0.2, 0.25) is 0 Å². The number of nitrogens with zero attached hydrogens (tertiary/aromatic N) is 4. The van der Waals surface area contributed by atoms with E-state index >= 15 is 0 Å². The summed E-state index contributed by atoms with van der Waals surface area (Å²) < 4.78 is 10.9. The van der Waals surface area contributed by atoms with Crippen LogP contribution in [0.4, 0.5) is 0 Å². The highest BCUT2D eigenvalue weighted by atomic mass is 16.5. The summed E-state index contributed by atoms with van der Waals surface area (Å²) in [5.41, 5.74) is 4.75. The fourth-order valence-corrected chi connectivity index (χ4v) is 4.30. The van der Waals surface area contributed by atoms with Gasteiger partial charge in [-0.15, -0.1) is 0 Å². The summed E-state index contributed by atoms with van der Waals surface area (Å²) in [5.74, 6) is 1.27. The van der Waals surface area contributed by atoms with Gasteiger partial charge >= 0.3 is 5.63 Å². The molecule has 1 aliphatic rings. The SMILES string of the molecule is CCc1ccc2c(CN3CCN(Cc4nc(-c5ccc(C)cc5)no4)CC3)cc(=O)oc2c1. The van der Waals surface area contributed by atoms with Crippen molar-refractivity contribution in [3.8, 4) is 11.4 Å². The molecule has 1 fully saturated rings. The van der Waals surface area contributed by atoms with E-state index in [0.29, 0.717) is 23.8 Å². The Hall–Kier alpha value is -3.29. The number of aryl methyl sites for hydroxylation is 2. The van der Waals surface area contributed by atoms with Crippen LogP contribution in [0.25, 0.3) is 22.4 Å². The monoisotopic (exact) mass is 444 g/mol. The molecule has 1 aliphatic heterocycles. The Morgan fingerprint density at radius 3 is 2.39 bits per heavy atom. The molecular formula is C26H28N4O3.